The molecule has 0 radical (unpaired) electrons. The molecule has 3 N–H and O–H groups in total. The molecule has 5 heteroatoms. The Bertz CT molecular complexity index is 454. The van der Waals surface area contributed by atoms with Crippen LogP contribution in [0.5, 0.6) is 0 Å². The molecule has 0 saturated carbocycles. The number of amides is 2. The third-order valence-electron chi connectivity index (χ3n) is 2.35. The first kappa shape index (κ1) is 10.5. The summed E-state index contributed by atoms with van der Waals surface area (Å²) in [6, 6.07) is 8.83. The van der Waals surface area contributed by atoms with Gasteiger partial charge in [-0.15, -0.1) is 0 Å². The number of benzene rings is 1. The van der Waals surface area contributed by atoms with Gasteiger partial charge < -0.3 is 11.1 Å². The van der Waals surface area contributed by atoms with E-state index in [1.165, 1.54) is 0 Å². The van der Waals surface area contributed by atoms with E-state index in [1.807, 2.05) is 6.07 Å². The summed E-state index contributed by atoms with van der Waals surface area (Å²) in [5.41, 5.74) is 5.96. The van der Waals surface area contributed by atoms with Gasteiger partial charge in [-0.25, -0.2) is 0 Å². The third-order valence-corrected chi connectivity index (χ3v) is 2.35. The molecule has 1 unspecified atom stereocenters. The second kappa shape index (κ2) is 4.24. The summed E-state index contributed by atoms with van der Waals surface area (Å²) in [5, 5.41) is 2.51. The summed E-state index contributed by atoms with van der Waals surface area (Å²) in [5.74, 6) is -1.46. The monoisotopic (exact) mass is 217 g/mol. The molecule has 16 heavy (non-hydrogen) atoms. The number of nitrogens with zero attached hydrogens (tertiary/aromatic N) is 1. The van der Waals surface area contributed by atoms with Gasteiger partial charge in [-0.2, -0.15) is 4.99 Å². The van der Waals surface area contributed by atoms with Gasteiger partial charge in [-0.1, -0.05) is 30.3 Å². The van der Waals surface area contributed by atoms with Crippen molar-refractivity contribution in [2.45, 2.75) is 5.92 Å². The molecule has 2 amide bonds. The van der Waals surface area contributed by atoms with Crippen molar-refractivity contribution >= 4 is 17.6 Å². The van der Waals surface area contributed by atoms with Crippen molar-refractivity contribution in [3.05, 3.63) is 35.9 Å². The highest BCUT2D eigenvalue weighted by Gasteiger charge is 2.32. The zero-order chi connectivity index (χ0) is 11.5. The number of nitrogens with one attached hydrogen (secondary N) is 1. The summed E-state index contributed by atoms with van der Waals surface area (Å²) in [6.07, 6.45) is 0. The van der Waals surface area contributed by atoms with E-state index in [0.29, 0.717) is 5.56 Å². The molecule has 1 aromatic rings. The molecule has 1 aliphatic rings. The molecule has 0 spiro atoms. The van der Waals surface area contributed by atoms with E-state index < -0.39 is 11.8 Å². The highest BCUT2D eigenvalue weighted by atomic mass is 16.2. The SMILES string of the molecule is NCC1=NC(=O)C(c2ccccc2)C(=O)N1. The van der Waals surface area contributed by atoms with E-state index in [0.717, 1.165) is 0 Å². The maximum Gasteiger partial charge on any atom is 0.264 e. The van der Waals surface area contributed by atoms with Crippen LogP contribution in [0.4, 0.5) is 0 Å². The van der Waals surface area contributed by atoms with Crippen LogP contribution in [0.2, 0.25) is 0 Å². The van der Waals surface area contributed by atoms with Crippen LogP contribution in [0.15, 0.2) is 35.3 Å². The number of amidine groups is 1. The van der Waals surface area contributed by atoms with Crippen molar-refractivity contribution < 1.29 is 9.59 Å². The Balaban J connectivity index is 2.34. The first-order valence-electron chi connectivity index (χ1n) is 4.89. The van der Waals surface area contributed by atoms with Crippen LogP contribution in [-0.2, 0) is 9.59 Å². The Morgan fingerprint density at radius 1 is 1.25 bits per heavy atom. The summed E-state index contributed by atoms with van der Waals surface area (Å²) in [4.78, 5) is 27.1. The van der Waals surface area contributed by atoms with Gasteiger partial charge >= 0.3 is 0 Å². The number of aliphatic imine (C=N–C) groups is 1. The van der Waals surface area contributed by atoms with Crippen molar-refractivity contribution in [2.75, 3.05) is 6.54 Å². The molecule has 0 saturated heterocycles. The maximum absolute atomic E-state index is 11.7. The van der Waals surface area contributed by atoms with Crippen molar-refractivity contribution in [2.24, 2.45) is 10.7 Å². The van der Waals surface area contributed by atoms with Gasteiger partial charge in [0.1, 0.15) is 11.8 Å². The molecule has 1 atom stereocenters. The van der Waals surface area contributed by atoms with Gasteiger partial charge in [-0.05, 0) is 5.56 Å². The quantitative estimate of drug-likeness (QED) is 0.672. The van der Waals surface area contributed by atoms with Crippen LogP contribution in [-0.4, -0.2) is 24.2 Å². The fourth-order valence-electron chi connectivity index (χ4n) is 1.59. The van der Waals surface area contributed by atoms with E-state index in [2.05, 4.69) is 10.3 Å². The highest BCUT2D eigenvalue weighted by Crippen LogP contribution is 2.19. The van der Waals surface area contributed by atoms with E-state index in [9.17, 15) is 9.59 Å². The zero-order valence-electron chi connectivity index (χ0n) is 8.51. The van der Waals surface area contributed by atoms with Crippen molar-refractivity contribution in [3.63, 3.8) is 0 Å². The van der Waals surface area contributed by atoms with Gasteiger partial charge in [0.25, 0.3) is 5.91 Å². The molecule has 82 valence electrons. The summed E-state index contributed by atoms with van der Waals surface area (Å²) in [7, 11) is 0. The van der Waals surface area contributed by atoms with Gasteiger partial charge in [0.15, 0.2) is 0 Å². The predicted octanol–water partition coefficient (Wildman–Crippen LogP) is -0.216. The maximum atomic E-state index is 11.7. The molecule has 1 aromatic carbocycles. The van der Waals surface area contributed by atoms with Gasteiger partial charge in [-0.3, -0.25) is 9.59 Å². The average Bonchev–Trinajstić information content (AvgIpc) is 2.29. The Hall–Kier alpha value is -2.01. The Labute approximate surface area is 92.4 Å². The number of hydrogen-bond donors (Lipinski definition) is 2. The minimum atomic E-state index is -0.850. The van der Waals surface area contributed by atoms with Crippen molar-refractivity contribution in [1.82, 2.24) is 5.32 Å². The predicted molar refractivity (Wildman–Crippen MR) is 58.8 cm³/mol. The number of carbonyl (C=O) groups excluding carboxylic acids is 2. The highest BCUT2D eigenvalue weighted by molar-refractivity contribution is 6.19. The zero-order valence-corrected chi connectivity index (χ0v) is 8.51. The molecule has 0 aliphatic carbocycles. The summed E-state index contributed by atoms with van der Waals surface area (Å²) in [6.45, 7) is 0.0546. The Kier molecular flexibility index (Phi) is 2.78. The lowest BCUT2D eigenvalue weighted by Crippen LogP contribution is -2.45. The van der Waals surface area contributed by atoms with Crippen LogP contribution in [0.1, 0.15) is 11.5 Å². The second-order valence-electron chi connectivity index (χ2n) is 3.43. The average molecular weight is 217 g/mol. The smallest absolute Gasteiger partial charge is 0.264 e. The van der Waals surface area contributed by atoms with E-state index in [-0.39, 0.29) is 18.3 Å². The standard InChI is InChI=1S/C11H11N3O2/c12-6-8-13-10(15)9(11(16)14-8)7-4-2-1-3-5-7/h1-5,9H,6,12H2,(H,13,14,15,16). The van der Waals surface area contributed by atoms with Crippen molar-refractivity contribution in [1.29, 1.82) is 0 Å². The van der Waals surface area contributed by atoms with Gasteiger partial charge in [0.2, 0.25) is 5.91 Å². The molecule has 2 rings (SSSR count). The molecule has 0 bridgehead atoms. The first-order chi connectivity index (χ1) is 7.72. The Morgan fingerprint density at radius 3 is 2.50 bits per heavy atom. The van der Waals surface area contributed by atoms with E-state index >= 15 is 0 Å². The lowest BCUT2D eigenvalue weighted by Gasteiger charge is -2.19. The summed E-state index contributed by atoms with van der Waals surface area (Å²) < 4.78 is 0. The van der Waals surface area contributed by atoms with Gasteiger partial charge in [0, 0.05) is 0 Å². The minimum absolute atomic E-state index is 0.0546. The summed E-state index contributed by atoms with van der Waals surface area (Å²) >= 11 is 0. The molecular formula is C11H11N3O2. The first-order valence-corrected chi connectivity index (χ1v) is 4.89. The Morgan fingerprint density at radius 2 is 1.94 bits per heavy atom. The number of hydrogen-bond acceptors (Lipinski definition) is 3. The van der Waals surface area contributed by atoms with Crippen LogP contribution < -0.4 is 11.1 Å². The molecule has 1 heterocycles. The van der Waals surface area contributed by atoms with E-state index in [1.54, 1.807) is 24.3 Å². The number of carbonyl (C=O) groups is 2. The topological polar surface area (TPSA) is 84.5 Å². The minimum Gasteiger partial charge on any atom is -0.324 e. The van der Waals surface area contributed by atoms with Gasteiger partial charge in [0.05, 0.1) is 6.54 Å². The normalized spacial score (nSPS) is 20.3. The molecule has 0 aromatic heterocycles. The molecular weight excluding hydrogens is 206 g/mol. The number of nitrogens with two attached hydrogens (primary N) is 1. The van der Waals surface area contributed by atoms with Crippen LogP contribution in [0.3, 0.4) is 0 Å². The largest absolute Gasteiger partial charge is 0.324 e. The fraction of sp³-hybridized carbons (Fsp3) is 0.182. The van der Waals surface area contributed by atoms with E-state index in [4.69, 9.17) is 5.73 Å². The second-order valence-corrected chi connectivity index (χ2v) is 3.43. The molecule has 5 nitrogen and oxygen atoms in total. The third kappa shape index (κ3) is 1.85. The lowest BCUT2D eigenvalue weighted by atomic mass is 9.96. The number of rotatable bonds is 2. The van der Waals surface area contributed by atoms with Crippen LogP contribution in [0.25, 0.3) is 0 Å². The van der Waals surface area contributed by atoms with Crippen LogP contribution >= 0.6 is 0 Å². The lowest BCUT2D eigenvalue weighted by molar-refractivity contribution is -0.129. The molecule has 0 fully saturated rings. The van der Waals surface area contributed by atoms with Crippen LogP contribution in [0, 0.1) is 0 Å². The fourth-order valence-corrected chi connectivity index (χ4v) is 1.59. The molecule has 1 aliphatic heterocycles. The van der Waals surface area contributed by atoms with Crippen molar-refractivity contribution in [3.8, 4) is 0 Å².